The van der Waals surface area contributed by atoms with Gasteiger partial charge in [-0.25, -0.2) is 0 Å². The molecule has 0 spiro atoms. The molecule has 0 saturated heterocycles. The number of Topliss-reactive ketones (excluding diaryl/α,β-unsaturated/α-hetero) is 1. The number of carbonyl (C=O) groups excluding carboxylic acids is 1. The van der Waals surface area contributed by atoms with Gasteiger partial charge in [-0.2, -0.15) is 0 Å². The Morgan fingerprint density at radius 1 is 1.27 bits per heavy atom. The Balaban J connectivity index is 2.52. The Labute approximate surface area is 91.7 Å². The summed E-state index contributed by atoms with van der Waals surface area (Å²) in [6.45, 7) is 5.86. The highest BCUT2D eigenvalue weighted by Crippen LogP contribution is 2.12. The van der Waals surface area contributed by atoms with Gasteiger partial charge in [0.05, 0.1) is 0 Å². The van der Waals surface area contributed by atoms with Crippen LogP contribution in [0.3, 0.4) is 0 Å². The maximum absolute atomic E-state index is 10.8. The first-order chi connectivity index (χ1) is 7.08. The Morgan fingerprint density at radius 2 is 1.87 bits per heavy atom. The van der Waals surface area contributed by atoms with Gasteiger partial charge in [0, 0.05) is 18.2 Å². The number of hydrogen-bond donors (Lipinski definition) is 1. The van der Waals surface area contributed by atoms with E-state index in [-0.39, 0.29) is 5.78 Å². The van der Waals surface area contributed by atoms with E-state index in [2.05, 4.69) is 43.4 Å². The molecule has 0 saturated carbocycles. The number of hydrogen-bond acceptors (Lipinski definition) is 2. The van der Waals surface area contributed by atoms with Crippen molar-refractivity contribution in [3.8, 4) is 0 Å². The van der Waals surface area contributed by atoms with E-state index in [0.717, 1.165) is 12.1 Å². The van der Waals surface area contributed by atoms with Crippen LogP contribution in [0.2, 0.25) is 0 Å². The van der Waals surface area contributed by atoms with Gasteiger partial charge < -0.3 is 10.1 Å². The number of aryl methyl sites for hydroxylation is 1. The molecule has 0 unspecified atom stereocenters. The monoisotopic (exact) mass is 205 g/mol. The van der Waals surface area contributed by atoms with E-state index in [1.165, 1.54) is 5.56 Å². The van der Waals surface area contributed by atoms with E-state index in [0.29, 0.717) is 12.5 Å². The molecule has 0 bridgehead atoms. The van der Waals surface area contributed by atoms with Crippen LogP contribution < -0.4 is 5.32 Å². The fourth-order valence-electron chi connectivity index (χ4n) is 1.42. The second-order valence-electron chi connectivity index (χ2n) is 4.20. The average Bonchev–Trinajstić information content (AvgIpc) is 2.16. The van der Waals surface area contributed by atoms with Crippen LogP contribution in [0.4, 0.5) is 5.69 Å². The summed E-state index contributed by atoms with van der Waals surface area (Å²) >= 11 is 0. The molecule has 2 heteroatoms. The third kappa shape index (κ3) is 4.63. The summed E-state index contributed by atoms with van der Waals surface area (Å²) in [5.41, 5.74) is 2.36. The smallest absolute Gasteiger partial charge is 0.130 e. The van der Waals surface area contributed by atoms with E-state index in [1.54, 1.807) is 6.92 Å². The SMILES string of the molecule is CC(=O)CCc1ccc(NC(C)C)cc1. The van der Waals surface area contributed by atoms with Crippen LogP contribution in [0.5, 0.6) is 0 Å². The van der Waals surface area contributed by atoms with Crippen molar-refractivity contribution in [1.29, 1.82) is 0 Å². The van der Waals surface area contributed by atoms with E-state index in [1.807, 2.05) is 0 Å². The zero-order chi connectivity index (χ0) is 11.3. The normalized spacial score (nSPS) is 10.4. The number of benzene rings is 1. The molecular formula is C13H19NO. The molecule has 82 valence electrons. The van der Waals surface area contributed by atoms with Gasteiger partial charge in [0.15, 0.2) is 0 Å². The summed E-state index contributed by atoms with van der Waals surface area (Å²) in [6, 6.07) is 8.74. The minimum atomic E-state index is 0.249. The van der Waals surface area contributed by atoms with Gasteiger partial charge in [-0.15, -0.1) is 0 Å². The van der Waals surface area contributed by atoms with Gasteiger partial charge in [0.25, 0.3) is 0 Å². The molecule has 0 atom stereocenters. The zero-order valence-electron chi connectivity index (χ0n) is 9.71. The van der Waals surface area contributed by atoms with E-state index in [4.69, 9.17) is 0 Å². The maximum atomic E-state index is 10.8. The minimum Gasteiger partial charge on any atom is -0.383 e. The highest BCUT2D eigenvalue weighted by atomic mass is 16.1. The lowest BCUT2D eigenvalue weighted by Crippen LogP contribution is -2.09. The highest BCUT2D eigenvalue weighted by molar-refractivity contribution is 5.75. The summed E-state index contributed by atoms with van der Waals surface area (Å²) in [4.78, 5) is 10.8. The first kappa shape index (κ1) is 11.8. The summed E-state index contributed by atoms with van der Waals surface area (Å²) in [5, 5.41) is 3.33. The number of anilines is 1. The van der Waals surface area contributed by atoms with Crippen molar-refractivity contribution < 1.29 is 4.79 Å². The van der Waals surface area contributed by atoms with Crippen LogP contribution in [0.25, 0.3) is 0 Å². The van der Waals surface area contributed by atoms with Crippen LogP contribution in [0.1, 0.15) is 32.8 Å². The molecule has 0 aromatic heterocycles. The molecule has 1 rings (SSSR count). The van der Waals surface area contributed by atoms with Crippen molar-refractivity contribution in [1.82, 2.24) is 0 Å². The molecular weight excluding hydrogens is 186 g/mol. The molecule has 0 aliphatic carbocycles. The topological polar surface area (TPSA) is 29.1 Å². The van der Waals surface area contributed by atoms with E-state index < -0.39 is 0 Å². The van der Waals surface area contributed by atoms with Crippen molar-refractivity contribution in [3.63, 3.8) is 0 Å². The summed E-state index contributed by atoms with van der Waals surface area (Å²) in [5.74, 6) is 0.249. The molecule has 15 heavy (non-hydrogen) atoms. The van der Waals surface area contributed by atoms with Gasteiger partial charge in [-0.05, 0) is 44.9 Å². The average molecular weight is 205 g/mol. The van der Waals surface area contributed by atoms with Crippen LogP contribution in [-0.2, 0) is 11.2 Å². The second kappa shape index (κ2) is 5.54. The molecule has 1 aromatic rings. The third-order valence-corrected chi connectivity index (χ3v) is 2.18. The van der Waals surface area contributed by atoms with Gasteiger partial charge >= 0.3 is 0 Å². The first-order valence-electron chi connectivity index (χ1n) is 5.43. The van der Waals surface area contributed by atoms with Gasteiger partial charge in [-0.1, -0.05) is 12.1 Å². The maximum Gasteiger partial charge on any atom is 0.130 e. The van der Waals surface area contributed by atoms with Crippen LogP contribution in [0, 0.1) is 0 Å². The fraction of sp³-hybridized carbons (Fsp3) is 0.462. The molecule has 0 aliphatic heterocycles. The molecule has 1 N–H and O–H groups in total. The van der Waals surface area contributed by atoms with Crippen LogP contribution in [-0.4, -0.2) is 11.8 Å². The van der Waals surface area contributed by atoms with Gasteiger partial charge in [0.2, 0.25) is 0 Å². The zero-order valence-corrected chi connectivity index (χ0v) is 9.71. The lowest BCUT2D eigenvalue weighted by molar-refractivity contribution is -0.116. The number of carbonyl (C=O) groups is 1. The first-order valence-corrected chi connectivity index (χ1v) is 5.43. The largest absolute Gasteiger partial charge is 0.383 e. The van der Waals surface area contributed by atoms with Crippen LogP contribution in [0.15, 0.2) is 24.3 Å². The Morgan fingerprint density at radius 3 is 2.33 bits per heavy atom. The van der Waals surface area contributed by atoms with Crippen molar-refractivity contribution in [3.05, 3.63) is 29.8 Å². The molecule has 1 aromatic carbocycles. The van der Waals surface area contributed by atoms with Gasteiger partial charge in [-0.3, -0.25) is 0 Å². The molecule has 0 aliphatic rings. The highest BCUT2D eigenvalue weighted by Gasteiger charge is 1.98. The number of rotatable bonds is 5. The summed E-state index contributed by atoms with van der Waals surface area (Å²) < 4.78 is 0. The standard InChI is InChI=1S/C13H19NO/c1-10(2)14-13-8-6-12(7-9-13)5-4-11(3)15/h6-10,14H,4-5H2,1-3H3. The fourth-order valence-corrected chi connectivity index (χ4v) is 1.42. The molecule has 0 amide bonds. The predicted octanol–water partition coefficient (Wildman–Crippen LogP) is 3.03. The summed E-state index contributed by atoms with van der Waals surface area (Å²) in [7, 11) is 0. The van der Waals surface area contributed by atoms with E-state index in [9.17, 15) is 4.79 Å². The Bertz CT molecular complexity index is 314. The quantitative estimate of drug-likeness (QED) is 0.800. The molecule has 0 fully saturated rings. The van der Waals surface area contributed by atoms with Gasteiger partial charge in [0.1, 0.15) is 5.78 Å². The second-order valence-corrected chi connectivity index (χ2v) is 4.20. The van der Waals surface area contributed by atoms with E-state index >= 15 is 0 Å². The third-order valence-electron chi connectivity index (χ3n) is 2.18. The van der Waals surface area contributed by atoms with Crippen molar-refractivity contribution in [2.75, 3.05) is 5.32 Å². The van der Waals surface area contributed by atoms with Crippen molar-refractivity contribution >= 4 is 11.5 Å². The Kier molecular flexibility index (Phi) is 4.35. The van der Waals surface area contributed by atoms with Crippen LogP contribution >= 0.6 is 0 Å². The Hall–Kier alpha value is -1.31. The van der Waals surface area contributed by atoms with Crippen molar-refractivity contribution in [2.24, 2.45) is 0 Å². The number of ketones is 1. The molecule has 2 nitrogen and oxygen atoms in total. The predicted molar refractivity (Wildman–Crippen MR) is 64.2 cm³/mol. The summed E-state index contributed by atoms with van der Waals surface area (Å²) in [6.07, 6.45) is 1.48. The number of nitrogens with one attached hydrogen (secondary N) is 1. The van der Waals surface area contributed by atoms with Crippen molar-refractivity contribution in [2.45, 2.75) is 39.7 Å². The molecule has 0 heterocycles. The minimum absolute atomic E-state index is 0.249. The lowest BCUT2D eigenvalue weighted by atomic mass is 10.1. The lowest BCUT2D eigenvalue weighted by Gasteiger charge is -2.10. The molecule has 0 radical (unpaired) electrons.